The highest BCUT2D eigenvalue weighted by Gasteiger charge is 2.23. The van der Waals surface area contributed by atoms with Crippen LogP contribution in [0.25, 0.3) is 16.2 Å². The molecule has 0 unspecified atom stereocenters. The molecule has 0 radical (unpaired) electrons. The Morgan fingerprint density at radius 2 is 2.00 bits per heavy atom. The molecule has 0 atom stereocenters. The topological polar surface area (TPSA) is 54.6 Å². The van der Waals surface area contributed by atoms with E-state index in [1.165, 1.54) is 23.5 Å². The van der Waals surface area contributed by atoms with Crippen molar-refractivity contribution in [3.8, 4) is 11.3 Å². The smallest absolute Gasteiger partial charge is 0.309 e. The fourth-order valence-electron chi connectivity index (χ4n) is 2.80. The summed E-state index contributed by atoms with van der Waals surface area (Å²) in [4.78, 5) is 17.7. The molecular weight excluding hydrogens is 315 g/mol. The van der Waals surface area contributed by atoms with Crippen LogP contribution in [0.15, 0.2) is 24.3 Å². The molecule has 0 aliphatic rings. The van der Waals surface area contributed by atoms with Crippen LogP contribution in [0.1, 0.15) is 36.0 Å². The monoisotopic (exact) mass is 332 g/mol. The molecule has 0 amide bonds. The summed E-state index contributed by atoms with van der Waals surface area (Å²) in [6.07, 6.45) is -0.0843. The Morgan fingerprint density at radius 1 is 1.35 bits per heavy atom. The van der Waals surface area contributed by atoms with Crippen molar-refractivity contribution in [2.75, 3.05) is 0 Å². The fourth-order valence-corrected chi connectivity index (χ4v) is 3.82. The van der Waals surface area contributed by atoms with Crippen LogP contribution in [-0.4, -0.2) is 20.5 Å². The van der Waals surface area contributed by atoms with Crippen molar-refractivity contribution in [2.45, 2.75) is 33.1 Å². The van der Waals surface area contributed by atoms with E-state index in [-0.39, 0.29) is 18.2 Å². The van der Waals surface area contributed by atoms with Gasteiger partial charge in [0.05, 0.1) is 23.5 Å². The quantitative estimate of drug-likeness (QED) is 0.776. The third kappa shape index (κ3) is 2.74. The first-order valence-electron chi connectivity index (χ1n) is 7.36. The number of nitrogens with zero attached hydrogens (tertiary/aromatic N) is 2. The first-order chi connectivity index (χ1) is 10.9. The zero-order chi connectivity index (χ0) is 16.7. The summed E-state index contributed by atoms with van der Waals surface area (Å²) in [6.45, 7) is 5.97. The second kappa shape index (κ2) is 5.77. The number of hydrogen-bond acceptors (Lipinski definition) is 3. The maximum absolute atomic E-state index is 13.2. The number of carboxylic acid groups (broad SMARTS) is 1. The molecule has 0 spiro atoms. The third-order valence-electron chi connectivity index (χ3n) is 3.76. The minimum Gasteiger partial charge on any atom is -0.481 e. The number of halogens is 1. The van der Waals surface area contributed by atoms with Gasteiger partial charge in [-0.15, -0.1) is 11.3 Å². The Hall–Kier alpha value is -2.21. The van der Waals surface area contributed by atoms with Gasteiger partial charge in [-0.1, -0.05) is 13.8 Å². The van der Waals surface area contributed by atoms with E-state index in [0.29, 0.717) is 5.69 Å². The maximum Gasteiger partial charge on any atom is 0.309 e. The zero-order valence-corrected chi connectivity index (χ0v) is 13.9. The van der Waals surface area contributed by atoms with Crippen LogP contribution in [0.5, 0.6) is 0 Å². The molecule has 23 heavy (non-hydrogen) atoms. The van der Waals surface area contributed by atoms with Crippen molar-refractivity contribution in [2.24, 2.45) is 0 Å². The van der Waals surface area contributed by atoms with Gasteiger partial charge in [-0.05, 0) is 42.7 Å². The molecule has 3 aromatic rings. The number of fused-ring (bicyclic) bond motifs is 1. The van der Waals surface area contributed by atoms with E-state index >= 15 is 0 Å². The third-order valence-corrected chi connectivity index (χ3v) is 4.71. The molecule has 0 aliphatic carbocycles. The van der Waals surface area contributed by atoms with Crippen molar-refractivity contribution >= 4 is 22.3 Å². The minimum atomic E-state index is -0.886. The van der Waals surface area contributed by atoms with E-state index < -0.39 is 5.97 Å². The lowest BCUT2D eigenvalue weighted by atomic mass is 10.1. The molecule has 0 saturated heterocycles. The van der Waals surface area contributed by atoms with Crippen LogP contribution in [0, 0.1) is 12.7 Å². The van der Waals surface area contributed by atoms with Gasteiger partial charge >= 0.3 is 5.97 Å². The second-order valence-corrected chi connectivity index (χ2v) is 6.98. The maximum atomic E-state index is 13.2. The molecule has 1 N–H and O–H groups in total. The number of aryl methyl sites for hydroxylation is 1. The van der Waals surface area contributed by atoms with Crippen LogP contribution in [-0.2, 0) is 11.2 Å². The highest BCUT2D eigenvalue weighted by atomic mass is 32.1. The highest BCUT2D eigenvalue weighted by Crippen LogP contribution is 2.35. The SMILES string of the molecule is Cc1sc2nc(C(C)C)c(CC(=O)O)n2c1-c1ccc(F)cc1. The van der Waals surface area contributed by atoms with Crippen molar-refractivity contribution in [1.82, 2.24) is 9.38 Å². The number of thiazole rings is 1. The highest BCUT2D eigenvalue weighted by molar-refractivity contribution is 7.17. The first kappa shape index (κ1) is 15.7. The summed E-state index contributed by atoms with van der Waals surface area (Å²) < 4.78 is 15.1. The summed E-state index contributed by atoms with van der Waals surface area (Å²) in [6, 6.07) is 6.25. The average Bonchev–Trinajstić information content (AvgIpc) is 2.96. The van der Waals surface area contributed by atoms with Gasteiger partial charge in [-0.3, -0.25) is 9.20 Å². The number of imidazole rings is 1. The normalized spacial score (nSPS) is 11.5. The van der Waals surface area contributed by atoms with Gasteiger partial charge in [0.15, 0.2) is 4.96 Å². The van der Waals surface area contributed by atoms with Gasteiger partial charge < -0.3 is 5.11 Å². The van der Waals surface area contributed by atoms with Crippen LogP contribution in [0.3, 0.4) is 0 Å². The zero-order valence-electron chi connectivity index (χ0n) is 13.1. The summed E-state index contributed by atoms with van der Waals surface area (Å²) in [5, 5.41) is 9.27. The van der Waals surface area contributed by atoms with E-state index in [0.717, 1.165) is 26.8 Å². The molecule has 2 heterocycles. The molecule has 6 heteroatoms. The predicted molar refractivity (Wildman–Crippen MR) is 88.6 cm³/mol. The summed E-state index contributed by atoms with van der Waals surface area (Å²) in [7, 11) is 0. The van der Waals surface area contributed by atoms with Gasteiger partial charge in [-0.2, -0.15) is 0 Å². The molecule has 0 saturated carbocycles. The van der Waals surface area contributed by atoms with Crippen molar-refractivity contribution < 1.29 is 14.3 Å². The van der Waals surface area contributed by atoms with Crippen LogP contribution in [0.4, 0.5) is 4.39 Å². The van der Waals surface area contributed by atoms with Crippen LogP contribution < -0.4 is 0 Å². The molecule has 3 rings (SSSR count). The molecule has 1 aromatic carbocycles. The molecule has 4 nitrogen and oxygen atoms in total. The Balaban J connectivity index is 2.30. The number of aliphatic carboxylic acids is 1. The number of hydrogen-bond donors (Lipinski definition) is 1. The minimum absolute atomic E-state index is 0.0843. The Bertz CT molecular complexity index is 878. The van der Waals surface area contributed by atoms with Gasteiger partial charge in [0.25, 0.3) is 0 Å². The molecular formula is C17H17FN2O2S. The van der Waals surface area contributed by atoms with E-state index in [4.69, 9.17) is 0 Å². The Morgan fingerprint density at radius 3 is 2.57 bits per heavy atom. The largest absolute Gasteiger partial charge is 0.481 e. The summed E-state index contributed by atoms with van der Waals surface area (Å²) in [5.41, 5.74) is 3.25. The van der Waals surface area contributed by atoms with Crippen molar-refractivity contribution in [1.29, 1.82) is 0 Å². The molecule has 120 valence electrons. The van der Waals surface area contributed by atoms with E-state index in [2.05, 4.69) is 4.98 Å². The van der Waals surface area contributed by atoms with Crippen LogP contribution in [0.2, 0.25) is 0 Å². The molecule has 0 fully saturated rings. The first-order valence-corrected chi connectivity index (χ1v) is 8.18. The molecule has 2 aromatic heterocycles. The number of carbonyl (C=O) groups is 1. The van der Waals surface area contributed by atoms with Crippen LogP contribution >= 0.6 is 11.3 Å². The fraction of sp³-hybridized carbons (Fsp3) is 0.294. The van der Waals surface area contributed by atoms with Gasteiger partial charge in [0.2, 0.25) is 0 Å². The number of carboxylic acids is 1. The summed E-state index contributed by atoms with van der Waals surface area (Å²) >= 11 is 1.52. The Kier molecular flexibility index (Phi) is 3.93. The molecule has 0 bridgehead atoms. The summed E-state index contributed by atoms with van der Waals surface area (Å²) in [5.74, 6) is -1.04. The van der Waals surface area contributed by atoms with Crippen molar-refractivity contribution in [3.63, 3.8) is 0 Å². The van der Waals surface area contributed by atoms with Crippen molar-refractivity contribution in [3.05, 3.63) is 46.3 Å². The number of rotatable bonds is 4. The molecule has 0 aliphatic heterocycles. The van der Waals surface area contributed by atoms with E-state index in [9.17, 15) is 14.3 Å². The van der Waals surface area contributed by atoms with E-state index in [1.54, 1.807) is 12.1 Å². The van der Waals surface area contributed by atoms with Gasteiger partial charge in [-0.25, -0.2) is 9.37 Å². The second-order valence-electron chi connectivity index (χ2n) is 5.80. The number of aromatic nitrogens is 2. The standard InChI is InChI=1S/C17H17FN2O2S/c1-9(2)15-13(8-14(21)22)20-16(10(3)23-17(20)19-15)11-4-6-12(18)7-5-11/h4-7,9H,8H2,1-3H3,(H,21,22). The number of benzene rings is 1. The van der Waals surface area contributed by atoms with E-state index in [1.807, 2.05) is 25.2 Å². The lowest BCUT2D eigenvalue weighted by Crippen LogP contribution is -2.07. The average molecular weight is 332 g/mol. The predicted octanol–water partition coefficient (Wildman–Crippen LogP) is 4.26. The lowest BCUT2D eigenvalue weighted by molar-refractivity contribution is -0.136. The lowest BCUT2D eigenvalue weighted by Gasteiger charge is -2.08. The van der Waals surface area contributed by atoms with Gasteiger partial charge in [0, 0.05) is 4.88 Å². The Labute approximate surface area is 137 Å². The van der Waals surface area contributed by atoms with Gasteiger partial charge in [0.1, 0.15) is 5.82 Å².